The van der Waals surface area contributed by atoms with E-state index in [1.807, 2.05) is 0 Å². The fraction of sp³-hybridized carbons (Fsp3) is 0.750. The SMILES string of the molecule is OCCOCCNCCc1ncon1. The van der Waals surface area contributed by atoms with Gasteiger partial charge in [-0.1, -0.05) is 5.16 Å². The van der Waals surface area contributed by atoms with Crippen molar-refractivity contribution in [1.29, 1.82) is 0 Å². The van der Waals surface area contributed by atoms with Gasteiger partial charge in [-0.15, -0.1) is 0 Å². The van der Waals surface area contributed by atoms with Gasteiger partial charge in [0.2, 0.25) is 6.39 Å². The maximum absolute atomic E-state index is 8.42. The van der Waals surface area contributed by atoms with Gasteiger partial charge in [-0.2, -0.15) is 4.98 Å². The summed E-state index contributed by atoms with van der Waals surface area (Å²) >= 11 is 0. The largest absolute Gasteiger partial charge is 0.394 e. The molecule has 1 heterocycles. The van der Waals surface area contributed by atoms with E-state index in [1.54, 1.807) is 0 Å². The normalized spacial score (nSPS) is 10.6. The second-order valence-electron chi connectivity index (χ2n) is 2.68. The van der Waals surface area contributed by atoms with Gasteiger partial charge in [0.1, 0.15) is 0 Å². The number of nitrogens with one attached hydrogen (secondary N) is 1. The highest BCUT2D eigenvalue weighted by Crippen LogP contribution is 1.87. The molecule has 1 aromatic heterocycles. The highest BCUT2D eigenvalue weighted by Gasteiger charge is 1.96. The van der Waals surface area contributed by atoms with E-state index in [2.05, 4.69) is 20.0 Å². The Morgan fingerprint density at radius 3 is 3.07 bits per heavy atom. The molecule has 0 unspecified atom stereocenters. The lowest BCUT2D eigenvalue weighted by Gasteiger charge is -2.03. The Bertz CT molecular complexity index is 216. The van der Waals surface area contributed by atoms with Crippen LogP contribution in [0, 0.1) is 0 Å². The number of ether oxygens (including phenoxy) is 1. The van der Waals surface area contributed by atoms with Gasteiger partial charge in [0.25, 0.3) is 0 Å². The fourth-order valence-corrected chi connectivity index (χ4v) is 0.939. The van der Waals surface area contributed by atoms with Gasteiger partial charge in [0.05, 0.1) is 19.8 Å². The molecule has 0 aromatic carbocycles. The smallest absolute Gasteiger partial charge is 0.213 e. The zero-order chi connectivity index (χ0) is 10.1. The lowest BCUT2D eigenvalue weighted by atomic mass is 10.4. The molecule has 0 aliphatic heterocycles. The Labute approximate surface area is 82.3 Å². The summed E-state index contributed by atoms with van der Waals surface area (Å²) in [5.74, 6) is 0.703. The number of rotatable bonds is 8. The van der Waals surface area contributed by atoms with Crippen molar-refractivity contribution in [2.45, 2.75) is 6.42 Å². The van der Waals surface area contributed by atoms with Gasteiger partial charge in [0, 0.05) is 19.5 Å². The number of hydrogen-bond acceptors (Lipinski definition) is 6. The molecule has 0 spiro atoms. The summed E-state index contributed by atoms with van der Waals surface area (Å²) in [5.41, 5.74) is 0. The first-order valence-corrected chi connectivity index (χ1v) is 4.58. The predicted octanol–water partition coefficient (Wildman–Crippen LogP) is -0.789. The van der Waals surface area contributed by atoms with E-state index >= 15 is 0 Å². The molecule has 0 bridgehead atoms. The molecule has 0 aliphatic carbocycles. The Morgan fingerprint density at radius 2 is 2.36 bits per heavy atom. The van der Waals surface area contributed by atoms with Gasteiger partial charge in [-0.3, -0.25) is 0 Å². The molecule has 0 fully saturated rings. The monoisotopic (exact) mass is 201 g/mol. The van der Waals surface area contributed by atoms with E-state index in [0.29, 0.717) is 19.0 Å². The molecule has 80 valence electrons. The quantitative estimate of drug-likeness (QED) is 0.536. The van der Waals surface area contributed by atoms with Crippen LogP contribution in [0.3, 0.4) is 0 Å². The topological polar surface area (TPSA) is 80.4 Å². The lowest BCUT2D eigenvalue weighted by molar-refractivity contribution is 0.0940. The van der Waals surface area contributed by atoms with Gasteiger partial charge in [0.15, 0.2) is 5.82 Å². The molecule has 0 saturated heterocycles. The van der Waals surface area contributed by atoms with Crippen LogP contribution in [0.25, 0.3) is 0 Å². The predicted molar refractivity (Wildman–Crippen MR) is 48.8 cm³/mol. The molecule has 2 N–H and O–H groups in total. The minimum Gasteiger partial charge on any atom is -0.394 e. The van der Waals surface area contributed by atoms with E-state index < -0.39 is 0 Å². The third-order valence-electron chi connectivity index (χ3n) is 1.59. The molecule has 0 atom stereocenters. The van der Waals surface area contributed by atoms with E-state index in [0.717, 1.165) is 19.5 Å². The van der Waals surface area contributed by atoms with E-state index in [4.69, 9.17) is 9.84 Å². The first kappa shape index (κ1) is 11.1. The zero-order valence-electron chi connectivity index (χ0n) is 7.98. The number of aliphatic hydroxyl groups is 1. The van der Waals surface area contributed by atoms with Gasteiger partial charge in [-0.05, 0) is 0 Å². The molecule has 6 nitrogen and oxygen atoms in total. The van der Waals surface area contributed by atoms with E-state index in [-0.39, 0.29) is 6.61 Å². The molecule has 6 heteroatoms. The molecular weight excluding hydrogens is 186 g/mol. The third-order valence-corrected chi connectivity index (χ3v) is 1.59. The number of aromatic nitrogens is 2. The van der Waals surface area contributed by atoms with Crippen molar-refractivity contribution in [3.05, 3.63) is 12.2 Å². The minimum absolute atomic E-state index is 0.0723. The van der Waals surface area contributed by atoms with Crippen LogP contribution in [0.5, 0.6) is 0 Å². The number of aliphatic hydroxyl groups excluding tert-OH is 1. The highest BCUT2D eigenvalue weighted by atomic mass is 16.5. The van der Waals surface area contributed by atoms with Crippen LogP contribution in [0.2, 0.25) is 0 Å². The van der Waals surface area contributed by atoms with E-state index in [1.165, 1.54) is 6.39 Å². The average Bonchev–Trinajstić information content (AvgIpc) is 2.69. The second kappa shape index (κ2) is 7.43. The molecule has 1 rings (SSSR count). The van der Waals surface area contributed by atoms with Crippen molar-refractivity contribution >= 4 is 0 Å². The van der Waals surface area contributed by atoms with Crippen LogP contribution in [0.15, 0.2) is 10.9 Å². The lowest BCUT2D eigenvalue weighted by Crippen LogP contribution is -2.23. The van der Waals surface area contributed by atoms with Gasteiger partial charge >= 0.3 is 0 Å². The first-order valence-electron chi connectivity index (χ1n) is 4.58. The van der Waals surface area contributed by atoms with Crippen LogP contribution in [0.4, 0.5) is 0 Å². The average molecular weight is 201 g/mol. The number of nitrogens with zero attached hydrogens (tertiary/aromatic N) is 2. The zero-order valence-corrected chi connectivity index (χ0v) is 7.98. The maximum Gasteiger partial charge on any atom is 0.213 e. The van der Waals surface area contributed by atoms with Crippen LogP contribution < -0.4 is 5.32 Å². The van der Waals surface area contributed by atoms with Crippen LogP contribution >= 0.6 is 0 Å². The van der Waals surface area contributed by atoms with Gasteiger partial charge < -0.3 is 19.7 Å². The molecule has 0 aliphatic rings. The summed E-state index contributed by atoms with van der Waals surface area (Å²) in [6.07, 6.45) is 2.07. The van der Waals surface area contributed by atoms with Gasteiger partial charge in [-0.25, -0.2) is 0 Å². The summed E-state index contributed by atoms with van der Waals surface area (Å²) < 4.78 is 9.64. The van der Waals surface area contributed by atoms with Crippen LogP contribution in [-0.4, -0.2) is 48.2 Å². The summed E-state index contributed by atoms with van der Waals surface area (Å²) in [6, 6.07) is 0. The minimum atomic E-state index is 0.0723. The van der Waals surface area contributed by atoms with Crippen LogP contribution in [-0.2, 0) is 11.2 Å². The summed E-state index contributed by atoms with van der Waals surface area (Å²) in [6.45, 7) is 2.63. The first-order chi connectivity index (χ1) is 6.93. The van der Waals surface area contributed by atoms with Crippen molar-refractivity contribution in [3.8, 4) is 0 Å². The van der Waals surface area contributed by atoms with Crippen molar-refractivity contribution < 1.29 is 14.4 Å². The number of hydrogen-bond donors (Lipinski definition) is 2. The van der Waals surface area contributed by atoms with E-state index in [9.17, 15) is 0 Å². The molecule has 0 amide bonds. The fourth-order valence-electron chi connectivity index (χ4n) is 0.939. The Morgan fingerprint density at radius 1 is 1.43 bits per heavy atom. The van der Waals surface area contributed by atoms with Crippen molar-refractivity contribution in [3.63, 3.8) is 0 Å². The standard InChI is InChI=1S/C8H15N3O3/c12-4-6-13-5-3-9-2-1-8-10-7-14-11-8/h7,9,12H,1-6H2. The third kappa shape index (κ3) is 4.90. The Kier molecular flexibility index (Phi) is 5.89. The van der Waals surface area contributed by atoms with Crippen molar-refractivity contribution in [2.75, 3.05) is 32.9 Å². The molecular formula is C8H15N3O3. The summed E-state index contributed by atoms with van der Waals surface area (Å²) in [7, 11) is 0. The maximum atomic E-state index is 8.42. The summed E-state index contributed by atoms with van der Waals surface area (Å²) in [5, 5.41) is 15.2. The Balaban J connectivity index is 1.85. The van der Waals surface area contributed by atoms with Crippen LogP contribution in [0.1, 0.15) is 5.82 Å². The molecule has 0 radical (unpaired) electrons. The highest BCUT2D eigenvalue weighted by molar-refractivity contribution is 4.78. The molecule has 0 saturated carbocycles. The van der Waals surface area contributed by atoms with Crippen molar-refractivity contribution in [2.24, 2.45) is 0 Å². The second-order valence-corrected chi connectivity index (χ2v) is 2.68. The summed E-state index contributed by atoms with van der Waals surface area (Å²) in [4.78, 5) is 3.88. The molecule has 1 aromatic rings. The Hall–Kier alpha value is -0.980. The molecule has 14 heavy (non-hydrogen) atoms. The van der Waals surface area contributed by atoms with Crippen molar-refractivity contribution in [1.82, 2.24) is 15.5 Å².